The summed E-state index contributed by atoms with van der Waals surface area (Å²) in [6.07, 6.45) is 5.33. The van der Waals surface area contributed by atoms with Gasteiger partial charge in [-0.2, -0.15) is 0 Å². The smallest absolute Gasteiger partial charge is 0.203 e. The molecule has 0 saturated carbocycles. The van der Waals surface area contributed by atoms with E-state index in [2.05, 4.69) is 5.92 Å². The largest absolute Gasteiger partial charge is 0.324 e. The van der Waals surface area contributed by atoms with Gasteiger partial charge in [-0.3, -0.25) is 0 Å². The fraction of sp³-hybridized carbons (Fsp3) is 0.714. The molecule has 0 spiro atoms. The van der Waals surface area contributed by atoms with Crippen LogP contribution in [0.2, 0.25) is 0 Å². The first-order valence-corrected chi connectivity index (χ1v) is 6.27. The average molecular weight is 204 g/mol. The van der Waals surface area contributed by atoms with Crippen molar-refractivity contribution in [3.05, 3.63) is 0 Å². The molecule has 1 aliphatic rings. The minimum Gasteiger partial charge on any atom is -0.324 e. The fourth-order valence-electron chi connectivity index (χ4n) is 1.10. The first-order chi connectivity index (χ1) is 5.52. The Labute approximate surface area is 78.9 Å². The van der Waals surface area contributed by atoms with Crippen LogP contribution in [0.15, 0.2) is 0 Å². The Bertz CT molecular complexity index is 261. The Morgan fingerprint density at radius 2 is 2.33 bits per heavy atom. The lowest BCUT2D eigenvalue weighted by Gasteiger charge is -2.29. The first kappa shape index (κ1) is 10.2. The van der Waals surface area contributed by atoms with E-state index in [9.17, 15) is 0 Å². The lowest BCUT2D eigenvalue weighted by molar-refractivity contribution is 0.354. The SMILES string of the molecule is C#CC1COP(=S)(N(C)C)N1C. The minimum atomic E-state index is -1.95. The van der Waals surface area contributed by atoms with E-state index in [0.717, 1.165) is 0 Å². The van der Waals surface area contributed by atoms with E-state index in [1.165, 1.54) is 0 Å². The summed E-state index contributed by atoms with van der Waals surface area (Å²) in [6, 6.07) is 0.0400. The zero-order valence-electron chi connectivity index (χ0n) is 7.52. The summed E-state index contributed by atoms with van der Waals surface area (Å²) in [4.78, 5) is 0. The third-order valence-corrected chi connectivity index (χ3v) is 6.59. The second kappa shape index (κ2) is 3.45. The molecule has 0 bridgehead atoms. The predicted octanol–water partition coefficient (Wildman–Crippen LogP) is 0.736. The fourth-order valence-corrected chi connectivity index (χ4v) is 3.42. The van der Waals surface area contributed by atoms with Gasteiger partial charge < -0.3 is 4.52 Å². The maximum absolute atomic E-state index is 5.55. The number of hydrogen-bond acceptors (Lipinski definition) is 2. The monoisotopic (exact) mass is 204 g/mol. The van der Waals surface area contributed by atoms with Gasteiger partial charge in [-0.05, 0) is 32.9 Å². The molecule has 68 valence electrons. The van der Waals surface area contributed by atoms with Gasteiger partial charge in [-0.1, -0.05) is 5.92 Å². The lowest BCUT2D eigenvalue weighted by atomic mass is 10.3. The van der Waals surface area contributed by atoms with Crippen molar-refractivity contribution in [3.63, 3.8) is 0 Å². The van der Waals surface area contributed by atoms with E-state index in [4.69, 9.17) is 22.8 Å². The third-order valence-electron chi connectivity index (χ3n) is 1.95. The summed E-state index contributed by atoms with van der Waals surface area (Å²) < 4.78 is 9.49. The van der Waals surface area contributed by atoms with Crippen LogP contribution in [0.4, 0.5) is 0 Å². The highest BCUT2D eigenvalue weighted by Crippen LogP contribution is 2.57. The summed E-state index contributed by atoms with van der Waals surface area (Å²) in [5.41, 5.74) is 0. The molecule has 0 aromatic carbocycles. The number of likely N-dealkylation sites (N-methyl/N-ethyl adjacent to an activating group) is 1. The molecule has 5 heteroatoms. The van der Waals surface area contributed by atoms with E-state index in [1.807, 2.05) is 30.5 Å². The highest BCUT2D eigenvalue weighted by Gasteiger charge is 2.38. The lowest BCUT2D eigenvalue weighted by Crippen LogP contribution is -2.26. The molecule has 1 fully saturated rings. The molecule has 0 aromatic rings. The van der Waals surface area contributed by atoms with E-state index in [0.29, 0.717) is 6.61 Å². The maximum atomic E-state index is 5.55. The van der Waals surface area contributed by atoms with Crippen LogP contribution in [0.25, 0.3) is 0 Å². The van der Waals surface area contributed by atoms with Crippen molar-refractivity contribution in [1.82, 2.24) is 9.34 Å². The van der Waals surface area contributed by atoms with Gasteiger partial charge in [0.05, 0.1) is 6.61 Å². The van der Waals surface area contributed by atoms with Crippen molar-refractivity contribution in [2.75, 3.05) is 27.7 Å². The average Bonchev–Trinajstić information content (AvgIpc) is 2.31. The van der Waals surface area contributed by atoms with Crippen LogP contribution < -0.4 is 0 Å². The van der Waals surface area contributed by atoms with E-state index < -0.39 is 6.57 Å². The van der Waals surface area contributed by atoms with Gasteiger partial charge in [0.15, 0.2) is 0 Å². The van der Waals surface area contributed by atoms with Gasteiger partial charge in [-0.25, -0.2) is 9.34 Å². The second-order valence-electron chi connectivity index (χ2n) is 2.89. The molecule has 0 aliphatic carbocycles. The Balaban J connectivity index is 2.87. The molecule has 12 heavy (non-hydrogen) atoms. The summed E-state index contributed by atoms with van der Waals surface area (Å²) in [7, 11) is 5.78. The Kier molecular flexibility index (Phi) is 2.92. The van der Waals surface area contributed by atoms with E-state index in [1.54, 1.807) is 0 Å². The van der Waals surface area contributed by atoms with Gasteiger partial charge >= 0.3 is 0 Å². The molecule has 3 nitrogen and oxygen atoms in total. The zero-order chi connectivity index (χ0) is 9.35. The maximum Gasteiger partial charge on any atom is 0.203 e. The first-order valence-electron chi connectivity index (χ1n) is 3.64. The van der Waals surface area contributed by atoms with E-state index >= 15 is 0 Å². The summed E-state index contributed by atoms with van der Waals surface area (Å²) in [5.74, 6) is 2.66. The third kappa shape index (κ3) is 1.44. The quantitative estimate of drug-likeness (QED) is 0.462. The van der Waals surface area contributed by atoms with Crippen molar-refractivity contribution < 1.29 is 4.52 Å². The van der Waals surface area contributed by atoms with Crippen LogP contribution in [-0.2, 0) is 16.3 Å². The van der Waals surface area contributed by atoms with Crippen molar-refractivity contribution in [2.24, 2.45) is 0 Å². The number of rotatable bonds is 1. The van der Waals surface area contributed by atoms with Crippen LogP contribution in [-0.4, -0.2) is 43.1 Å². The molecule has 1 aliphatic heterocycles. The molecule has 1 saturated heterocycles. The second-order valence-corrected chi connectivity index (χ2v) is 6.99. The van der Waals surface area contributed by atoms with Gasteiger partial charge in [0.25, 0.3) is 0 Å². The summed E-state index contributed by atoms with van der Waals surface area (Å²) >= 11 is 5.40. The summed E-state index contributed by atoms with van der Waals surface area (Å²) in [5, 5.41) is 0. The molecular weight excluding hydrogens is 191 g/mol. The van der Waals surface area contributed by atoms with Crippen LogP contribution >= 0.6 is 6.57 Å². The molecule has 0 radical (unpaired) electrons. The molecule has 1 heterocycles. The van der Waals surface area contributed by atoms with Gasteiger partial charge in [0.1, 0.15) is 6.04 Å². The zero-order valence-corrected chi connectivity index (χ0v) is 9.23. The minimum absolute atomic E-state index is 0.0400. The van der Waals surface area contributed by atoms with Gasteiger partial charge in [0.2, 0.25) is 6.57 Å². The number of nitrogens with zero attached hydrogens (tertiary/aromatic N) is 2. The van der Waals surface area contributed by atoms with Gasteiger partial charge in [-0.15, -0.1) is 6.42 Å². The van der Waals surface area contributed by atoms with Crippen molar-refractivity contribution in [1.29, 1.82) is 0 Å². The Morgan fingerprint density at radius 3 is 2.58 bits per heavy atom. The van der Waals surface area contributed by atoms with Crippen LogP contribution in [0.5, 0.6) is 0 Å². The Hall–Kier alpha value is 0.0900. The van der Waals surface area contributed by atoms with Crippen molar-refractivity contribution in [2.45, 2.75) is 6.04 Å². The Morgan fingerprint density at radius 1 is 1.75 bits per heavy atom. The number of terminal acetylenes is 1. The molecule has 2 unspecified atom stereocenters. The topological polar surface area (TPSA) is 15.7 Å². The molecular formula is C7H13N2OPS. The molecule has 0 amide bonds. The van der Waals surface area contributed by atoms with Gasteiger partial charge in [0, 0.05) is 0 Å². The van der Waals surface area contributed by atoms with Crippen molar-refractivity contribution in [3.8, 4) is 12.3 Å². The molecule has 0 aromatic heterocycles. The molecule has 2 atom stereocenters. The molecule has 0 N–H and O–H groups in total. The standard InChI is InChI=1S/C7H13N2OPS/c1-5-7-6-10-11(12,8(2)3)9(7)4/h1,7H,6H2,2-4H3. The summed E-state index contributed by atoms with van der Waals surface area (Å²) in [6.45, 7) is -1.39. The normalized spacial score (nSPS) is 37.1. The van der Waals surface area contributed by atoms with Crippen LogP contribution in [0.1, 0.15) is 0 Å². The van der Waals surface area contributed by atoms with E-state index in [-0.39, 0.29) is 6.04 Å². The highest BCUT2D eigenvalue weighted by molar-refractivity contribution is 8.10. The highest BCUT2D eigenvalue weighted by atomic mass is 32.5. The van der Waals surface area contributed by atoms with Crippen molar-refractivity contribution >= 4 is 18.4 Å². The predicted molar refractivity (Wildman–Crippen MR) is 54.3 cm³/mol. The van der Waals surface area contributed by atoms with Crippen LogP contribution in [0, 0.1) is 12.3 Å². The number of hydrogen-bond donors (Lipinski definition) is 0. The van der Waals surface area contributed by atoms with Crippen LogP contribution in [0.3, 0.4) is 0 Å². The molecule has 1 rings (SSSR count).